The number of hydrogen-bond acceptors (Lipinski definition) is 6. The summed E-state index contributed by atoms with van der Waals surface area (Å²) in [5.74, 6) is -1.70. The van der Waals surface area contributed by atoms with Crippen LogP contribution < -0.4 is 0 Å². The zero-order valence-electron chi connectivity index (χ0n) is 14.0. The quantitative estimate of drug-likeness (QED) is 0.326. The van der Waals surface area contributed by atoms with E-state index in [0.29, 0.717) is 25.7 Å². The van der Waals surface area contributed by atoms with Crippen molar-refractivity contribution in [3.63, 3.8) is 0 Å². The summed E-state index contributed by atoms with van der Waals surface area (Å²) in [6, 6.07) is 6.20. The second kappa shape index (κ2) is 10.7. The smallest absolute Gasteiger partial charge is 0.303 e. The first-order chi connectivity index (χ1) is 11.8. The Morgan fingerprint density at radius 1 is 1.12 bits per heavy atom. The van der Waals surface area contributed by atoms with Gasteiger partial charge in [-0.2, -0.15) is 0 Å². The fraction of sp³-hybridized carbons (Fsp3) is 0.500. The van der Waals surface area contributed by atoms with Crippen LogP contribution in [0.2, 0.25) is 0 Å². The zero-order valence-corrected chi connectivity index (χ0v) is 14.8. The lowest BCUT2D eigenvalue weighted by Crippen LogP contribution is -2.26. The maximum absolute atomic E-state index is 10.7. The van der Waals surface area contributed by atoms with E-state index < -0.39 is 16.9 Å². The average molecular weight is 370 g/mol. The lowest BCUT2D eigenvalue weighted by molar-refractivity contribution is -0.384. The molecule has 0 saturated carbocycles. The Labute approximate surface area is 150 Å². The molecular formula is C16H22N2O6S. The average Bonchev–Trinajstić information content (AvgIpc) is 2.53. The Morgan fingerprint density at radius 3 is 2.00 bits per heavy atom. The highest BCUT2D eigenvalue weighted by molar-refractivity contribution is 7.97. The van der Waals surface area contributed by atoms with Gasteiger partial charge in [0.05, 0.1) is 4.92 Å². The molecule has 0 spiro atoms. The van der Waals surface area contributed by atoms with Crippen LogP contribution in [0.1, 0.15) is 38.5 Å². The molecule has 0 unspecified atom stereocenters. The predicted octanol–water partition coefficient (Wildman–Crippen LogP) is 3.41. The van der Waals surface area contributed by atoms with E-state index in [2.05, 4.69) is 0 Å². The third-order valence-corrected chi connectivity index (χ3v) is 4.74. The Balaban J connectivity index is 2.64. The van der Waals surface area contributed by atoms with E-state index in [9.17, 15) is 19.7 Å². The summed E-state index contributed by atoms with van der Waals surface area (Å²) >= 11 is 1.41. The van der Waals surface area contributed by atoms with Crippen LogP contribution in [0.25, 0.3) is 0 Å². The van der Waals surface area contributed by atoms with Crippen LogP contribution in [0.5, 0.6) is 0 Å². The molecule has 25 heavy (non-hydrogen) atoms. The van der Waals surface area contributed by atoms with Crippen molar-refractivity contribution in [2.45, 2.75) is 49.5 Å². The van der Waals surface area contributed by atoms with Gasteiger partial charge in [0.25, 0.3) is 5.69 Å². The molecule has 0 saturated heterocycles. The number of nitro groups is 1. The second-order valence-electron chi connectivity index (χ2n) is 5.61. The van der Waals surface area contributed by atoms with Crippen LogP contribution in [0.4, 0.5) is 5.69 Å². The molecule has 138 valence electrons. The minimum Gasteiger partial charge on any atom is -0.481 e. The van der Waals surface area contributed by atoms with Crippen LogP contribution >= 0.6 is 11.9 Å². The highest BCUT2D eigenvalue weighted by Crippen LogP contribution is 2.28. The molecule has 0 heterocycles. The molecule has 1 rings (SSSR count). The molecule has 0 fully saturated rings. The molecule has 1 aromatic carbocycles. The summed E-state index contributed by atoms with van der Waals surface area (Å²) in [6.07, 6.45) is 2.46. The van der Waals surface area contributed by atoms with Crippen molar-refractivity contribution >= 4 is 29.6 Å². The molecule has 0 amide bonds. The summed E-state index contributed by atoms with van der Waals surface area (Å²) < 4.78 is 1.96. The molecule has 0 radical (unpaired) electrons. The van der Waals surface area contributed by atoms with Gasteiger partial charge in [0.1, 0.15) is 0 Å². The standard InChI is InChI=1S/C16H22N2O6S/c1-17(25-14-10-8-13(9-11-14)18(23)24)12(4-2-6-15(19)20)5-3-7-16(21)22/h8-12H,2-7H2,1H3,(H,19,20)(H,21,22). The fourth-order valence-corrected chi connectivity index (χ4v) is 3.31. The molecule has 0 bridgehead atoms. The van der Waals surface area contributed by atoms with E-state index in [1.165, 1.54) is 24.1 Å². The Kier molecular flexibility index (Phi) is 8.93. The van der Waals surface area contributed by atoms with Crippen molar-refractivity contribution < 1.29 is 24.7 Å². The molecule has 0 aromatic heterocycles. The molecule has 0 atom stereocenters. The molecule has 0 aliphatic rings. The van der Waals surface area contributed by atoms with Crippen molar-refractivity contribution in [2.24, 2.45) is 0 Å². The van der Waals surface area contributed by atoms with Crippen molar-refractivity contribution in [1.82, 2.24) is 4.31 Å². The molecule has 1 aromatic rings. The third kappa shape index (κ3) is 8.50. The lowest BCUT2D eigenvalue weighted by Gasteiger charge is -2.27. The summed E-state index contributed by atoms with van der Waals surface area (Å²) in [7, 11) is 1.86. The number of nitro benzene ring substituents is 1. The van der Waals surface area contributed by atoms with Crippen LogP contribution in [0.15, 0.2) is 29.2 Å². The first-order valence-corrected chi connectivity index (χ1v) is 8.65. The first kappa shape index (κ1) is 20.9. The van der Waals surface area contributed by atoms with Crippen molar-refractivity contribution in [3.8, 4) is 0 Å². The van der Waals surface area contributed by atoms with E-state index >= 15 is 0 Å². The predicted molar refractivity (Wildman–Crippen MR) is 93.5 cm³/mol. The number of hydrogen-bond donors (Lipinski definition) is 2. The third-order valence-electron chi connectivity index (χ3n) is 3.67. The number of non-ortho nitro benzene ring substituents is 1. The number of carbonyl (C=O) groups is 2. The molecule has 8 nitrogen and oxygen atoms in total. The Hall–Kier alpha value is -2.13. The topological polar surface area (TPSA) is 121 Å². The largest absolute Gasteiger partial charge is 0.481 e. The summed E-state index contributed by atoms with van der Waals surface area (Å²) in [5, 5.41) is 28.2. The molecule has 9 heteroatoms. The van der Waals surface area contributed by atoms with Gasteiger partial charge >= 0.3 is 11.9 Å². The maximum Gasteiger partial charge on any atom is 0.303 e. The molecule has 0 aliphatic carbocycles. The Bertz CT molecular complexity index is 573. The van der Waals surface area contributed by atoms with Crippen molar-refractivity contribution in [3.05, 3.63) is 34.4 Å². The van der Waals surface area contributed by atoms with E-state index in [-0.39, 0.29) is 24.6 Å². The SMILES string of the molecule is CN(Sc1ccc([N+](=O)[O-])cc1)C(CCCC(=O)O)CCCC(=O)O. The summed E-state index contributed by atoms with van der Waals surface area (Å²) in [4.78, 5) is 32.4. The normalized spacial score (nSPS) is 11.0. The van der Waals surface area contributed by atoms with E-state index in [1.54, 1.807) is 12.1 Å². The van der Waals surface area contributed by atoms with Crippen LogP contribution in [-0.2, 0) is 9.59 Å². The monoisotopic (exact) mass is 370 g/mol. The highest BCUT2D eigenvalue weighted by atomic mass is 32.2. The van der Waals surface area contributed by atoms with Gasteiger partial charge in [0.15, 0.2) is 0 Å². The number of carboxylic acid groups (broad SMARTS) is 2. The van der Waals surface area contributed by atoms with Crippen LogP contribution in [-0.4, -0.2) is 44.5 Å². The minimum absolute atomic E-state index is 0.0199. The van der Waals surface area contributed by atoms with Crippen molar-refractivity contribution in [1.29, 1.82) is 0 Å². The number of benzene rings is 1. The molecular weight excluding hydrogens is 348 g/mol. The Morgan fingerprint density at radius 2 is 1.60 bits per heavy atom. The van der Waals surface area contributed by atoms with E-state index in [0.717, 1.165) is 4.90 Å². The van der Waals surface area contributed by atoms with Crippen LogP contribution in [0.3, 0.4) is 0 Å². The zero-order chi connectivity index (χ0) is 18.8. The fourth-order valence-electron chi connectivity index (χ4n) is 2.36. The van der Waals surface area contributed by atoms with Gasteiger partial charge in [-0.25, -0.2) is 4.31 Å². The minimum atomic E-state index is -0.852. The number of rotatable bonds is 12. The highest BCUT2D eigenvalue weighted by Gasteiger charge is 2.17. The van der Waals surface area contributed by atoms with Gasteiger partial charge < -0.3 is 10.2 Å². The second-order valence-corrected chi connectivity index (χ2v) is 6.84. The first-order valence-electron chi connectivity index (χ1n) is 7.88. The van der Waals surface area contributed by atoms with Gasteiger partial charge in [0.2, 0.25) is 0 Å². The van der Waals surface area contributed by atoms with Gasteiger partial charge in [-0.3, -0.25) is 19.7 Å². The van der Waals surface area contributed by atoms with Gasteiger partial charge in [0, 0.05) is 35.9 Å². The van der Waals surface area contributed by atoms with E-state index in [1.807, 2.05) is 11.4 Å². The number of carboxylic acids is 2. The van der Waals surface area contributed by atoms with Gasteiger partial charge in [-0.1, -0.05) is 0 Å². The maximum atomic E-state index is 10.7. The van der Waals surface area contributed by atoms with Crippen molar-refractivity contribution in [2.75, 3.05) is 7.05 Å². The van der Waals surface area contributed by atoms with Gasteiger partial charge in [-0.05, 0) is 56.8 Å². The summed E-state index contributed by atoms with van der Waals surface area (Å²) in [5.41, 5.74) is 0.0199. The number of aliphatic carboxylic acids is 2. The van der Waals surface area contributed by atoms with Gasteiger partial charge in [-0.15, -0.1) is 0 Å². The van der Waals surface area contributed by atoms with Crippen LogP contribution in [0, 0.1) is 10.1 Å². The lowest BCUT2D eigenvalue weighted by atomic mass is 10.0. The van der Waals surface area contributed by atoms with E-state index in [4.69, 9.17) is 10.2 Å². The number of nitrogens with zero attached hydrogens (tertiary/aromatic N) is 2. The molecule has 2 N–H and O–H groups in total. The summed E-state index contributed by atoms with van der Waals surface area (Å²) in [6.45, 7) is 0. The molecule has 0 aliphatic heterocycles.